The van der Waals surface area contributed by atoms with Crippen LogP contribution in [0, 0.1) is 12.7 Å². The number of benzene rings is 4. The van der Waals surface area contributed by atoms with E-state index in [0.29, 0.717) is 61.1 Å². The lowest BCUT2D eigenvalue weighted by Crippen LogP contribution is -2.37. The Bertz CT molecular complexity index is 2170. The smallest absolute Gasteiger partial charge is 0.416 e. The van der Waals surface area contributed by atoms with Gasteiger partial charge in [0.1, 0.15) is 11.4 Å². The summed E-state index contributed by atoms with van der Waals surface area (Å²) in [6.07, 6.45) is -7.93. The summed E-state index contributed by atoms with van der Waals surface area (Å²) in [5, 5.41) is 9.44. The van der Waals surface area contributed by atoms with E-state index in [1.807, 2.05) is 35.2 Å². The maximum atomic E-state index is 13.2. The van der Waals surface area contributed by atoms with E-state index in [2.05, 4.69) is 9.97 Å². The molecule has 0 atom stereocenters. The monoisotopic (exact) mass is 758 g/mol. The fourth-order valence-electron chi connectivity index (χ4n) is 6.33. The fourth-order valence-corrected chi connectivity index (χ4v) is 6.59. The van der Waals surface area contributed by atoms with E-state index in [1.165, 1.54) is 18.3 Å². The number of ether oxygens (including phenoxy) is 1. The second kappa shape index (κ2) is 14.7. The summed E-state index contributed by atoms with van der Waals surface area (Å²) in [6.45, 7) is 4.07. The molecule has 0 radical (unpaired) electrons. The molecule has 53 heavy (non-hydrogen) atoms. The number of anilines is 2. The van der Waals surface area contributed by atoms with Crippen LogP contribution in [0.25, 0.3) is 22.4 Å². The largest absolute Gasteiger partial charge is 0.478 e. The highest BCUT2D eigenvalue weighted by Crippen LogP contribution is 2.43. The maximum absolute atomic E-state index is 13.2. The van der Waals surface area contributed by atoms with Gasteiger partial charge in [0.25, 0.3) is 0 Å². The van der Waals surface area contributed by atoms with Crippen molar-refractivity contribution in [1.82, 2.24) is 9.97 Å². The Morgan fingerprint density at radius 1 is 0.925 bits per heavy atom. The standard InChI is InChI=1S/C23H17F6N.C15H13ClFN3O3/c1-12-15(10-19-18-5-3-2-4-14(18)9-20(19)21(12)30)6-13-7-16(22(24,25)26)11-17(8-13)23(27,28)29;16-12-7-9(17)1-2-10(12)13-11(14(21)22)8-18-15(19-13)20-3-5-23-6-4-20/h2-5,7-8,10-11H,6,9,30H2,1H3;1-2,7-8H,3-6H2,(H,21,22). The Morgan fingerprint density at radius 2 is 1.58 bits per heavy atom. The predicted molar refractivity (Wildman–Crippen MR) is 186 cm³/mol. The number of fused-ring (bicyclic) bond motifs is 3. The number of carboxylic acids is 1. The number of carboxylic acid groups (broad SMARTS) is 1. The zero-order valence-electron chi connectivity index (χ0n) is 27.9. The highest BCUT2D eigenvalue weighted by molar-refractivity contribution is 6.33. The third-order valence-corrected chi connectivity index (χ3v) is 9.37. The molecule has 0 unspecified atom stereocenters. The lowest BCUT2D eigenvalue weighted by atomic mass is 9.91. The first kappa shape index (κ1) is 37.5. The van der Waals surface area contributed by atoms with Gasteiger partial charge in [0, 0.05) is 37.0 Å². The van der Waals surface area contributed by atoms with Crippen LogP contribution in [0.3, 0.4) is 0 Å². The summed E-state index contributed by atoms with van der Waals surface area (Å²) in [5.41, 5.74) is 9.75. The first-order chi connectivity index (χ1) is 25.0. The van der Waals surface area contributed by atoms with E-state index in [9.17, 15) is 40.6 Å². The van der Waals surface area contributed by atoms with Crippen molar-refractivity contribution >= 4 is 29.2 Å². The van der Waals surface area contributed by atoms with E-state index in [1.54, 1.807) is 6.92 Å². The van der Waals surface area contributed by atoms with Gasteiger partial charge in [-0.2, -0.15) is 26.3 Å². The number of halogens is 8. The van der Waals surface area contributed by atoms with Crippen LogP contribution in [0.2, 0.25) is 5.02 Å². The summed E-state index contributed by atoms with van der Waals surface area (Å²) < 4.78 is 97.6. The Morgan fingerprint density at radius 3 is 2.21 bits per heavy atom. The molecular weight excluding hydrogens is 729 g/mol. The Kier molecular flexibility index (Phi) is 10.4. The van der Waals surface area contributed by atoms with Crippen molar-refractivity contribution in [2.24, 2.45) is 0 Å². The number of nitrogens with zero attached hydrogens (tertiary/aromatic N) is 3. The van der Waals surface area contributed by atoms with Crippen molar-refractivity contribution in [3.05, 3.63) is 128 Å². The van der Waals surface area contributed by atoms with Gasteiger partial charge in [0.2, 0.25) is 5.95 Å². The highest BCUT2D eigenvalue weighted by Gasteiger charge is 2.37. The van der Waals surface area contributed by atoms with Gasteiger partial charge in [-0.05, 0) is 88.7 Å². The van der Waals surface area contributed by atoms with Crippen molar-refractivity contribution in [2.45, 2.75) is 32.1 Å². The number of nitrogen functional groups attached to an aromatic ring is 1. The topological polar surface area (TPSA) is 102 Å². The third-order valence-electron chi connectivity index (χ3n) is 9.06. The normalized spacial score (nSPS) is 13.9. The molecular formula is C38H30ClF7N4O3. The number of rotatable bonds is 5. The van der Waals surface area contributed by atoms with Gasteiger partial charge in [0.05, 0.1) is 35.1 Å². The summed E-state index contributed by atoms with van der Waals surface area (Å²) in [4.78, 5) is 21.8. The van der Waals surface area contributed by atoms with Crippen LogP contribution in [-0.2, 0) is 29.9 Å². The number of alkyl halides is 6. The Hall–Kier alpha value is -5.21. The summed E-state index contributed by atoms with van der Waals surface area (Å²) >= 11 is 6.05. The molecule has 2 aliphatic rings. The van der Waals surface area contributed by atoms with Crippen LogP contribution in [0.4, 0.5) is 42.4 Å². The van der Waals surface area contributed by atoms with Crippen molar-refractivity contribution in [3.63, 3.8) is 0 Å². The molecule has 7 rings (SSSR count). The summed E-state index contributed by atoms with van der Waals surface area (Å²) in [7, 11) is 0. The first-order valence-electron chi connectivity index (χ1n) is 16.2. The van der Waals surface area contributed by atoms with Crippen LogP contribution >= 0.6 is 11.6 Å². The molecule has 4 aromatic carbocycles. The number of aromatic nitrogens is 2. The quantitative estimate of drug-likeness (QED) is 0.134. The molecule has 1 fully saturated rings. The highest BCUT2D eigenvalue weighted by atomic mass is 35.5. The van der Waals surface area contributed by atoms with E-state index < -0.39 is 35.3 Å². The van der Waals surface area contributed by atoms with Crippen LogP contribution in [0.15, 0.2) is 72.9 Å². The minimum atomic E-state index is -4.87. The van der Waals surface area contributed by atoms with Gasteiger partial charge in [-0.15, -0.1) is 0 Å². The summed E-state index contributed by atoms with van der Waals surface area (Å²) in [6, 6.07) is 15.0. The van der Waals surface area contributed by atoms with E-state index in [-0.39, 0.29) is 34.3 Å². The zero-order valence-corrected chi connectivity index (χ0v) is 28.6. The van der Waals surface area contributed by atoms with Gasteiger partial charge in [-0.3, -0.25) is 0 Å². The zero-order chi connectivity index (χ0) is 38.2. The molecule has 0 amide bonds. The lowest BCUT2D eigenvalue weighted by molar-refractivity contribution is -0.143. The number of nitrogens with two attached hydrogens (primary N) is 1. The second-order valence-corrected chi connectivity index (χ2v) is 12.9. The predicted octanol–water partition coefficient (Wildman–Crippen LogP) is 9.25. The van der Waals surface area contributed by atoms with Crippen molar-refractivity contribution in [1.29, 1.82) is 0 Å². The molecule has 0 bridgehead atoms. The molecule has 7 nitrogen and oxygen atoms in total. The maximum Gasteiger partial charge on any atom is 0.416 e. The van der Waals surface area contributed by atoms with Gasteiger partial charge in [-0.25, -0.2) is 19.2 Å². The number of hydrogen-bond acceptors (Lipinski definition) is 6. The average molecular weight is 759 g/mol. The fraction of sp³-hybridized carbons (Fsp3) is 0.237. The number of morpholine rings is 1. The van der Waals surface area contributed by atoms with Gasteiger partial charge >= 0.3 is 18.3 Å². The van der Waals surface area contributed by atoms with Gasteiger partial charge in [-0.1, -0.05) is 41.9 Å². The molecule has 0 saturated carbocycles. The van der Waals surface area contributed by atoms with Gasteiger partial charge < -0.3 is 20.5 Å². The van der Waals surface area contributed by atoms with Crippen LogP contribution < -0.4 is 10.6 Å². The number of hydrogen-bond donors (Lipinski definition) is 2. The Labute approximate surface area is 303 Å². The van der Waals surface area contributed by atoms with Crippen molar-refractivity contribution in [3.8, 4) is 22.4 Å². The van der Waals surface area contributed by atoms with E-state index in [4.69, 9.17) is 22.1 Å². The molecule has 1 aromatic heterocycles. The molecule has 15 heteroatoms. The molecule has 276 valence electrons. The average Bonchev–Trinajstić information content (AvgIpc) is 3.48. The number of aromatic carboxylic acids is 1. The van der Waals surface area contributed by atoms with Crippen LogP contribution in [0.5, 0.6) is 0 Å². The molecule has 3 N–H and O–H groups in total. The minimum Gasteiger partial charge on any atom is -0.478 e. The first-order valence-corrected chi connectivity index (χ1v) is 16.5. The molecule has 1 aliphatic carbocycles. The second-order valence-electron chi connectivity index (χ2n) is 12.5. The SMILES string of the molecule is Cc1c(Cc2cc(C(F)(F)F)cc(C(F)(F)F)c2)cc2c(c1N)Cc1ccccc1-2.O=C(O)c1cnc(N2CCOCC2)nc1-c1ccc(F)cc1Cl. The van der Waals surface area contributed by atoms with Crippen molar-refractivity contribution < 1.29 is 45.4 Å². The molecule has 1 saturated heterocycles. The molecule has 2 heterocycles. The number of carbonyl (C=O) groups is 1. The minimum absolute atomic E-state index is 0.0640. The lowest BCUT2D eigenvalue weighted by Gasteiger charge is -2.27. The molecule has 1 aliphatic heterocycles. The van der Waals surface area contributed by atoms with E-state index in [0.717, 1.165) is 40.5 Å². The van der Waals surface area contributed by atoms with Crippen molar-refractivity contribution in [2.75, 3.05) is 36.9 Å². The summed E-state index contributed by atoms with van der Waals surface area (Å²) in [5.74, 6) is -1.28. The van der Waals surface area contributed by atoms with E-state index >= 15 is 0 Å². The van der Waals surface area contributed by atoms with Crippen LogP contribution in [-0.4, -0.2) is 47.3 Å². The van der Waals surface area contributed by atoms with Gasteiger partial charge in [0.15, 0.2) is 0 Å². The third kappa shape index (κ3) is 8.08. The van der Waals surface area contributed by atoms with Crippen LogP contribution in [0.1, 0.15) is 49.3 Å². The Balaban J connectivity index is 0.000000188. The molecule has 0 spiro atoms. The molecule has 5 aromatic rings.